The van der Waals surface area contributed by atoms with Crippen LogP contribution in [0.5, 0.6) is 0 Å². The molecule has 3 heterocycles. The molecule has 0 bridgehead atoms. The minimum absolute atomic E-state index is 0.0823. The smallest absolute Gasteiger partial charge is 0.241 e. The lowest BCUT2D eigenvalue weighted by Gasteiger charge is -2.37. The van der Waals surface area contributed by atoms with E-state index >= 15 is 0 Å². The largest absolute Gasteiger partial charge is 0.454 e. The molecule has 1 atom stereocenters. The quantitative estimate of drug-likeness (QED) is 0.415. The monoisotopic (exact) mass is 508 g/mol. The van der Waals surface area contributed by atoms with Gasteiger partial charge in [-0.2, -0.15) is 0 Å². The number of anilines is 1. The molecule has 0 spiro atoms. The Hall–Kier alpha value is -3.20. The number of rotatable bonds is 7. The Balaban J connectivity index is 1.04. The lowest BCUT2D eigenvalue weighted by atomic mass is 9.93. The van der Waals surface area contributed by atoms with Crippen molar-refractivity contribution in [1.82, 2.24) is 9.80 Å². The molecule has 36 heavy (non-hydrogen) atoms. The molecule has 2 saturated heterocycles. The van der Waals surface area contributed by atoms with Gasteiger partial charge in [0.25, 0.3) is 0 Å². The fourth-order valence-electron chi connectivity index (χ4n) is 5.10. The number of allylic oxidation sites excluding steroid dienone is 1. The summed E-state index contributed by atoms with van der Waals surface area (Å²) in [4.78, 5) is 36.2. The molecule has 3 aliphatic heterocycles. The number of carbonyl (C=O) groups is 2. The van der Waals surface area contributed by atoms with Gasteiger partial charge in [0.15, 0.2) is 11.5 Å². The third-order valence-electron chi connectivity index (χ3n) is 7.40. The maximum atomic E-state index is 13.0. The summed E-state index contributed by atoms with van der Waals surface area (Å²) < 4.78 is 10.8. The van der Waals surface area contributed by atoms with Crippen molar-refractivity contribution in [1.29, 1.82) is 0 Å². The number of carbonyl (C=O) groups excluding carboxylic acids is 2. The maximum absolute atomic E-state index is 13.0. The van der Waals surface area contributed by atoms with E-state index in [0.717, 1.165) is 45.4 Å². The van der Waals surface area contributed by atoms with Crippen molar-refractivity contribution in [2.45, 2.75) is 39.5 Å². The van der Waals surface area contributed by atoms with Gasteiger partial charge in [-0.3, -0.25) is 14.5 Å². The van der Waals surface area contributed by atoms with Crippen molar-refractivity contribution >= 4 is 40.5 Å². The zero-order valence-corrected chi connectivity index (χ0v) is 21.7. The van der Waals surface area contributed by atoms with Gasteiger partial charge in [0.1, 0.15) is 5.92 Å². The lowest BCUT2D eigenvalue weighted by molar-refractivity contribution is -0.132. The highest BCUT2D eigenvalue weighted by Crippen LogP contribution is 2.31. The number of nitrogens with zero attached hydrogens (tertiary/aromatic N) is 4. The molecule has 0 aromatic heterocycles. The summed E-state index contributed by atoms with van der Waals surface area (Å²) in [6, 6.07) is 6.40. The molecular formula is C27H32N4O4S. The summed E-state index contributed by atoms with van der Waals surface area (Å²) in [5.41, 5.74) is 4.49. The molecule has 0 radical (unpaired) electrons. The minimum atomic E-state index is -0.485. The lowest BCUT2D eigenvalue weighted by Crippen LogP contribution is -2.49. The van der Waals surface area contributed by atoms with Crippen molar-refractivity contribution in [3.63, 3.8) is 0 Å². The van der Waals surface area contributed by atoms with Gasteiger partial charge in [-0.05, 0) is 62.2 Å². The van der Waals surface area contributed by atoms with Gasteiger partial charge in [0.05, 0.1) is 5.71 Å². The first-order valence-corrected chi connectivity index (χ1v) is 13.1. The number of aryl methyl sites for hydroxylation is 1. The summed E-state index contributed by atoms with van der Waals surface area (Å²) in [5.74, 6) is 0.838. The van der Waals surface area contributed by atoms with Gasteiger partial charge in [0, 0.05) is 50.9 Å². The number of amides is 2. The van der Waals surface area contributed by atoms with Crippen LogP contribution in [0.15, 0.2) is 46.9 Å². The van der Waals surface area contributed by atoms with Gasteiger partial charge in [0.2, 0.25) is 23.7 Å². The number of ether oxygens (including phenoxy) is 2. The van der Waals surface area contributed by atoms with Gasteiger partial charge in [-0.1, -0.05) is 18.6 Å². The van der Waals surface area contributed by atoms with Gasteiger partial charge < -0.3 is 19.3 Å². The van der Waals surface area contributed by atoms with E-state index in [1.54, 1.807) is 17.1 Å². The summed E-state index contributed by atoms with van der Waals surface area (Å²) >= 11 is 5.39. The molecule has 0 saturated carbocycles. The van der Waals surface area contributed by atoms with Crippen molar-refractivity contribution in [3.05, 3.63) is 53.0 Å². The third-order valence-corrected chi connectivity index (χ3v) is 7.71. The summed E-state index contributed by atoms with van der Waals surface area (Å²) in [6.45, 7) is 8.19. The third kappa shape index (κ3) is 4.89. The Morgan fingerprint density at radius 3 is 2.67 bits per heavy atom. The van der Waals surface area contributed by atoms with Crippen LogP contribution < -0.4 is 4.90 Å². The number of thiocarbonyl (C=S) groups is 1. The van der Waals surface area contributed by atoms with Crippen LogP contribution in [-0.2, 0) is 19.1 Å². The molecule has 1 aromatic rings. The van der Waals surface area contributed by atoms with E-state index < -0.39 is 5.92 Å². The van der Waals surface area contributed by atoms with Crippen LogP contribution in [0.3, 0.4) is 0 Å². The second-order valence-electron chi connectivity index (χ2n) is 9.63. The van der Waals surface area contributed by atoms with Crippen molar-refractivity contribution < 1.29 is 19.1 Å². The molecule has 9 heteroatoms. The number of piperazine rings is 1. The Morgan fingerprint density at radius 1 is 1.08 bits per heavy atom. The first kappa shape index (κ1) is 24.5. The molecule has 1 aromatic carbocycles. The molecule has 4 aliphatic rings. The normalized spacial score (nSPS) is 21.2. The van der Waals surface area contributed by atoms with Crippen LogP contribution in [-0.4, -0.2) is 72.0 Å². The van der Waals surface area contributed by atoms with Crippen LogP contribution in [0.4, 0.5) is 5.69 Å². The first-order chi connectivity index (χ1) is 17.4. The minimum Gasteiger partial charge on any atom is -0.454 e. The van der Waals surface area contributed by atoms with Crippen LogP contribution in [0.1, 0.15) is 36.8 Å². The molecule has 5 rings (SSSR count). The van der Waals surface area contributed by atoms with E-state index in [2.05, 4.69) is 41.9 Å². The van der Waals surface area contributed by atoms with E-state index in [-0.39, 0.29) is 23.7 Å². The molecule has 1 aliphatic carbocycles. The molecule has 2 amide bonds. The predicted octanol–water partition coefficient (Wildman–Crippen LogP) is 3.48. The van der Waals surface area contributed by atoms with Gasteiger partial charge in [-0.25, -0.2) is 4.99 Å². The Bertz CT molecular complexity index is 1170. The van der Waals surface area contributed by atoms with E-state index in [0.29, 0.717) is 30.2 Å². The van der Waals surface area contributed by atoms with E-state index in [1.807, 2.05) is 4.90 Å². The van der Waals surface area contributed by atoms with Crippen molar-refractivity contribution in [2.75, 3.05) is 44.4 Å². The zero-order valence-electron chi connectivity index (χ0n) is 20.9. The topological polar surface area (TPSA) is 74.7 Å². The van der Waals surface area contributed by atoms with Crippen molar-refractivity contribution in [3.8, 4) is 0 Å². The summed E-state index contributed by atoms with van der Waals surface area (Å²) in [5, 5.41) is 0.289. The highest BCUT2D eigenvalue weighted by atomic mass is 32.1. The molecular weight excluding hydrogens is 476 g/mol. The number of hydrogen-bond donors (Lipinski definition) is 0. The number of aliphatic imine (C=N–C) groups is 1. The Labute approximate surface area is 217 Å². The number of benzene rings is 1. The van der Waals surface area contributed by atoms with Crippen molar-refractivity contribution in [2.24, 2.45) is 10.9 Å². The maximum Gasteiger partial charge on any atom is 0.241 e. The van der Waals surface area contributed by atoms with Crippen LogP contribution in [0.25, 0.3) is 0 Å². The average Bonchev–Trinajstić information content (AvgIpc) is 3.34. The van der Waals surface area contributed by atoms with Crippen LogP contribution >= 0.6 is 12.2 Å². The molecule has 1 unspecified atom stereocenters. The van der Waals surface area contributed by atoms with Gasteiger partial charge in [-0.15, -0.1) is 0 Å². The summed E-state index contributed by atoms with van der Waals surface area (Å²) in [6.07, 6.45) is 6.45. The number of fused-ring (bicyclic) bond motifs is 2. The fraction of sp³-hybridized carbons (Fsp3) is 0.481. The molecule has 190 valence electrons. The van der Waals surface area contributed by atoms with E-state index in [4.69, 9.17) is 21.7 Å². The van der Waals surface area contributed by atoms with E-state index in [1.165, 1.54) is 16.8 Å². The Morgan fingerprint density at radius 2 is 1.86 bits per heavy atom. The molecule has 0 N–H and O–H groups in total. The predicted molar refractivity (Wildman–Crippen MR) is 142 cm³/mol. The second kappa shape index (κ2) is 10.4. The number of unbranched alkanes of at least 4 members (excludes halogenated alkanes) is 2. The highest BCUT2D eigenvalue weighted by molar-refractivity contribution is 7.80. The highest BCUT2D eigenvalue weighted by Gasteiger charge is 2.38. The fourth-order valence-corrected chi connectivity index (χ4v) is 5.38. The molecule has 8 nitrogen and oxygen atoms in total. The number of hydrogen-bond acceptors (Lipinski definition) is 6. The Kier molecular flexibility index (Phi) is 7.09. The average molecular weight is 509 g/mol. The SMILES string of the molecule is Cc1cccc(N2CCN(C(=O)CCCCCN3C(=O)C4C=C5OCOC5=CC4=NC3=S)CC2)c1C. The first-order valence-electron chi connectivity index (χ1n) is 12.6. The standard InChI is InChI=1S/C27H32N4O4S/c1-18-7-6-8-22(19(18)2)29-11-13-30(14-12-29)25(32)9-4-3-5-10-31-26(33)20-15-23-24(35-17-34-23)16-21(20)28-27(31)36/h6-8,15-16,20H,3-5,9-14,17H2,1-2H3. The summed E-state index contributed by atoms with van der Waals surface area (Å²) in [7, 11) is 0. The van der Waals surface area contributed by atoms with E-state index in [9.17, 15) is 9.59 Å². The van der Waals surface area contributed by atoms with Crippen LogP contribution in [0.2, 0.25) is 0 Å². The second-order valence-corrected chi connectivity index (χ2v) is 10.00. The van der Waals surface area contributed by atoms with Gasteiger partial charge >= 0.3 is 0 Å². The van der Waals surface area contributed by atoms with Crippen LogP contribution in [0, 0.1) is 19.8 Å². The zero-order chi connectivity index (χ0) is 25.2. The molecule has 2 fully saturated rings.